The molecular formula is C20H18ClN3O3. The highest BCUT2D eigenvalue weighted by molar-refractivity contribution is 6.30. The summed E-state index contributed by atoms with van der Waals surface area (Å²) in [6, 6.07) is 16.6. The van der Waals surface area contributed by atoms with Crippen LogP contribution in [0.2, 0.25) is 5.02 Å². The van der Waals surface area contributed by atoms with Crippen LogP contribution >= 0.6 is 11.6 Å². The number of rotatable bonds is 4. The van der Waals surface area contributed by atoms with Crippen LogP contribution in [0, 0.1) is 0 Å². The number of carbonyl (C=O) groups is 1. The summed E-state index contributed by atoms with van der Waals surface area (Å²) in [5.74, 6) is 1.51. The van der Waals surface area contributed by atoms with Gasteiger partial charge in [0.25, 0.3) is 5.91 Å². The number of nitrogens with zero attached hydrogens (tertiary/aromatic N) is 2. The SMILES string of the molecule is C[C@H]1Oc2ccccc2O[C@@H]1C(=O)Nc1ccnn1Cc1ccc(Cl)cc1. The van der Waals surface area contributed by atoms with Crippen molar-refractivity contribution in [2.75, 3.05) is 5.32 Å². The van der Waals surface area contributed by atoms with Crippen molar-refractivity contribution in [1.29, 1.82) is 0 Å². The fourth-order valence-corrected chi connectivity index (χ4v) is 3.06. The Hall–Kier alpha value is -2.99. The van der Waals surface area contributed by atoms with Gasteiger partial charge in [0, 0.05) is 11.1 Å². The van der Waals surface area contributed by atoms with Gasteiger partial charge in [-0.25, -0.2) is 4.68 Å². The molecule has 0 fully saturated rings. The molecule has 0 saturated carbocycles. The van der Waals surface area contributed by atoms with Crippen LogP contribution < -0.4 is 14.8 Å². The predicted molar refractivity (Wildman–Crippen MR) is 102 cm³/mol. The van der Waals surface area contributed by atoms with E-state index < -0.39 is 12.2 Å². The molecule has 2 atom stereocenters. The number of hydrogen-bond donors (Lipinski definition) is 1. The third kappa shape index (κ3) is 3.75. The van der Waals surface area contributed by atoms with Crippen molar-refractivity contribution in [3.63, 3.8) is 0 Å². The summed E-state index contributed by atoms with van der Waals surface area (Å²) < 4.78 is 13.4. The van der Waals surface area contributed by atoms with Gasteiger partial charge in [0.15, 0.2) is 11.5 Å². The lowest BCUT2D eigenvalue weighted by atomic mass is 10.1. The molecule has 1 N–H and O–H groups in total. The summed E-state index contributed by atoms with van der Waals surface area (Å²) in [4.78, 5) is 12.8. The molecule has 27 heavy (non-hydrogen) atoms. The maximum absolute atomic E-state index is 12.8. The largest absolute Gasteiger partial charge is 0.482 e. The highest BCUT2D eigenvalue weighted by atomic mass is 35.5. The average Bonchev–Trinajstić information content (AvgIpc) is 3.09. The first-order valence-electron chi connectivity index (χ1n) is 8.59. The Morgan fingerprint density at radius 1 is 1.11 bits per heavy atom. The van der Waals surface area contributed by atoms with Crippen molar-refractivity contribution in [2.24, 2.45) is 0 Å². The van der Waals surface area contributed by atoms with Gasteiger partial charge in [-0.3, -0.25) is 4.79 Å². The minimum atomic E-state index is -0.751. The lowest BCUT2D eigenvalue weighted by Crippen LogP contribution is -2.46. The molecule has 0 spiro atoms. The third-order valence-corrected chi connectivity index (χ3v) is 4.57. The Kier molecular flexibility index (Phi) is 4.73. The van der Waals surface area contributed by atoms with E-state index in [-0.39, 0.29) is 5.91 Å². The average molecular weight is 384 g/mol. The lowest BCUT2D eigenvalue weighted by Gasteiger charge is -2.31. The van der Waals surface area contributed by atoms with E-state index >= 15 is 0 Å². The highest BCUT2D eigenvalue weighted by Crippen LogP contribution is 2.33. The van der Waals surface area contributed by atoms with Gasteiger partial charge in [0.1, 0.15) is 11.9 Å². The molecule has 2 aromatic carbocycles. The normalized spacial score (nSPS) is 18.1. The minimum absolute atomic E-state index is 0.283. The molecule has 1 aliphatic heterocycles. The summed E-state index contributed by atoms with van der Waals surface area (Å²) in [5.41, 5.74) is 1.03. The van der Waals surface area contributed by atoms with E-state index in [1.165, 1.54) is 0 Å². The fourth-order valence-electron chi connectivity index (χ4n) is 2.93. The van der Waals surface area contributed by atoms with Crippen molar-refractivity contribution >= 4 is 23.3 Å². The van der Waals surface area contributed by atoms with Crippen molar-refractivity contribution in [3.8, 4) is 11.5 Å². The molecule has 0 unspecified atom stereocenters. The topological polar surface area (TPSA) is 65.4 Å². The zero-order valence-electron chi connectivity index (χ0n) is 14.6. The fraction of sp³-hybridized carbons (Fsp3) is 0.200. The molecule has 0 bridgehead atoms. The van der Waals surface area contributed by atoms with Crippen LogP contribution in [0.1, 0.15) is 12.5 Å². The third-order valence-electron chi connectivity index (χ3n) is 4.31. The number of amides is 1. The number of aromatic nitrogens is 2. The Morgan fingerprint density at radius 3 is 2.56 bits per heavy atom. The molecule has 1 aromatic heterocycles. The van der Waals surface area contributed by atoms with Gasteiger partial charge in [-0.1, -0.05) is 35.9 Å². The Morgan fingerprint density at radius 2 is 1.81 bits per heavy atom. The van der Waals surface area contributed by atoms with E-state index in [4.69, 9.17) is 21.1 Å². The van der Waals surface area contributed by atoms with Crippen LogP contribution in [0.15, 0.2) is 60.8 Å². The van der Waals surface area contributed by atoms with Crippen LogP contribution in [-0.2, 0) is 11.3 Å². The van der Waals surface area contributed by atoms with Gasteiger partial charge in [0.05, 0.1) is 12.7 Å². The summed E-state index contributed by atoms with van der Waals surface area (Å²) in [6.07, 6.45) is 0.481. The zero-order valence-corrected chi connectivity index (χ0v) is 15.4. The first kappa shape index (κ1) is 17.4. The number of carbonyl (C=O) groups excluding carboxylic acids is 1. The summed E-state index contributed by atoms with van der Waals surface area (Å²) >= 11 is 5.92. The van der Waals surface area contributed by atoms with E-state index in [1.54, 1.807) is 23.0 Å². The maximum atomic E-state index is 12.8. The summed E-state index contributed by atoms with van der Waals surface area (Å²) in [6.45, 7) is 2.32. The molecule has 0 radical (unpaired) electrons. The van der Waals surface area contributed by atoms with Gasteiger partial charge in [0.2, 0.25) is 6.10 Å². The molecule has 1 aliphatic rings. The molecule has 2 heterocycles. The quantitative estimate of drug-likeness (QED) is 0.745. The number of hydrogen-bond acceptors (Lipinski definition) is 4. The van der Waals surface area contributed by atoms with Crippen LogP contribution in [0.3, 0.4) is 0 Å². The van der Waals surface area contributed by atoms with Crippen LogP contribution in [0.5, 0.6) is 11.5 Å². The number of fused-ring (bicyclic) bond motifs is 1. The number of benzene rings is 2. The molecule has 1 amide bonds. The molecular weight excluding hydrogens is 366 g/mol. The van der Waals surface area contributed by atoms with Gasteiger partial charge in [-0.2, -0.15) is 5.10 Å². The van der Waals surface area contributed by atoms with Gasteiger partial charge < -0.3 is 14.8 Å². The zero-order chi connectivity index (χ0) is 18.8. The van der Waals surface area contributed by atoms with E-state index in [0.29, 0.717) is 28.9 Å². The molecule has 0 saturated heterocycles. The lowest BCUT2D eigenvalue weighted by molar-refractivity contribution is -0.128. The number of nitrogens with one attached hydrogen (secondary N) is 1. The Labute approximate surface area is 161 Å². The van der Waals surface area contributed by atoms with Crippen molar-refractivity contribution in [2.45, 2.75) is 25.7 Å². The van der Waals surface area contributed by atoms with E-state index in [9.17, 15) is 4.79 Å². The van der Waals surface area contributed by atoms with Crippen molar-refractivity contribution in [3.05, 3.63) is 71.4 Å². The monoisotopic (exact) mass is 383 g/mol. The van der Waals surface area contributed by atoms with Crippen LogP contribution in [-0.4, -0.2) is 27.9 Å². The minimum Gasteiger partial charge on any atom is -0.482 e. The number of ether oxygens (including phenoxy) is 2. The first-order chi connectivity index (χ1) is 13.1. The smallest absolute Gasteiger partial charge is 0.270 e. The molecule has 7 heteroatoms. The van der Waals surface area contributed by atoms with Gasteiger partial charge >= 0.3 is 0 Å². The molecule has 4 rings (SSSR count). The second-order valence-electron chi connectivity index (χ2n) is 6.30. The standard InChI is InChI=1S/C20H18ClN3O3/c1-13-19(27-17-5-3-2-4-16(17)26-13)20(25)23-18-10-11-22-24(18)12-14-6-8-15(21)9-7-14/h2-11,13,19H,12H2,1H3,(H,23,25)/t13-,19+/m1/s1. The highest BCUT2D eigenvalue weighted by Gasteiger charge is 2.34. The predicted octanol–water partition coefficient (Wildman–Crippen LogP) is 3.75. The number of para-hydroxylation sites is 2. The summed E-state index contributed by atoms with van der Waals surface area (Å²) in [5, 5.41) is 7.84. The second-order valence-corrected chi connectivity index (χ2v) is 6.73. The second kappa shape index (κ2) is 7.32. The van der Waals surface area contributed by atoms with Crippen molar-refractivity contribution in [1.82, 2.24) is 9.78 Å². The number of anilines is 1. The van der Waals surface area contributed by atoms with E-state index in [2.05, 4.69) is 10.4 Å². The van der Waals surface area contributed by atoms with Gasteiger partial charge in [-0.05, 0) is 36.8 Å². The van der Waals surface area contributed by atoms with Crippen molar-refractivity contribution < 1.29 is 14.3 Å². The van der Waals surface area contributed by atoms with Crippen LogP contribution in [0.4, 0.5) is 5.82 Å². The summed E-state index contributed by atoms with van der Waals surface area (Å²) in [7, 11) is 0. The van der Waals surface area contributed by atoms with E-state index in [0.717, 1.165) is 5.56 Å². The van der Waals surface area contributed by atoms with E-state index in [1.807, 2.05) is 49.4 Å². The molecule has 6 nitrogen and oxygen atoms in total. The Bertz CT molecular complexity index is 955. The first-order valence-corrected chi connectivity index (χ1v) is 8.97. The molecule has 0 aliphatic carbocycles. The van der Waals surface area contributed by atoms with Crippen LogP contribution in [0.25, 0.3) is 0 Å². The molecule has 3 aromatic rings. The van der Waals surface area contributed by atoms with Gasteiger partial charge in [-0.15, -0.1) is 0 Å². The molecule has 138 valence electrons. The number of halogens is 1. The Balaban J connectivity index is 1.47. The maximum Gasteiger partial charge on any atom is 0.270 e.